The van der Waals surface area contributed by atoms with Gasteiger partial charge in [-0.2, -0.15) is 8.42 Å². The highest BCUT2D eigenvalue weighted by Gasteiger charge is 2.36. The Hall–Kier alpha value is -1.43. The summed E-state index contributed by atoms with van der Waals surface area (Å²) in [6.07, 6.45) is 0.845. The third-order valence-corrected chi connectivity index (χ3v) is 4.49. The third kappa shape index (κ3) is 3.56. The van der Waals surface area contributed by atoms with Crippen molar-refractivity contribution in [3.05, 3.63) is 35.9 Å². The first-order valence-corrected chi connectivity index (χ1v) is 8.22. The summed E-state index contributed by atoms with van der Waals surface area (Å²) < 4.78 is 34.2. The Labute approximate surface area is 118 Å². The monoisotopic (exact) mass is 299 g/mol. The Morgan fingerprint density at radius 3 is 2.55 bits per heavy atom. The van der Waals surface area contributed by atoms with Gasteiger partial charge in [0, 0.05) is 18.9 Å². The lowest BCUT2D eigenvalue weighted by Crippen LogP contribution is -2.30. The molecular formula is C14H18FNO3S. The molecule has 6 heteroatoms. The Kier molecular flexibility index (Phi) is 4.42. The van der Waals surface area contributed by atoms with Crippen LogP contribution in [0.1, 0.15) is 31.4 Å². The zero-order valence-corrected chi connectivity index (χ0v) is 12.1. The van der Waals surface area contributed by atoms with E-state index >= 15 is 0 Å². The van der Waals surface area contributed by atoms with Crippen molar-refractivity contribution in [2.75, 3.05) is 12.3 Å². The van der Waals surface area contributed by atoms with Gasteiger partial charge in [-0.25, -0.2) is 0 Å². The fraction of sp³-hybridized carbons (Fsp3) is 0.500. The summed E-state index contributed by atoms with van der Waals surface area (Å²) in [7, 11) is -4.53. The van der Waals surface area contributed by atoms with Crippen LogP contribution in [-0.2, 0) is 15.0 Å². The summed E-state index contributed by atoms with van der Waals surface area (Å²) in [5.41, 5.74) is 1.02. The van der Waals surface area contributed by atoms with Crippen molar-refractivity contribution in [3.8, 4) is 0 Å². The average molecular weight is 299 g/mol. The minimum atomic E-state index is -4.53. The van der Waals surface area contributed by atoms with Gasteiger partial charge in [-0.15, -0.1) is 3.89 Å². The van der Waals surface area contributed by atoms with Crippen LogP contribution in [0.25, 0.3) is 0 Å². The molecule has 0 N–H and O–H groups in total. The molecule has 2 rings (SSSR count). The van der Waals surface area contributed by atoms with Crippen LogP contribution in [0.15, 0.2) is 30.3 Å². The van der Waals surface area contributed by atoms with Gasteiger partial charge in [0.05, 0.1) is 11.8 Å². The van der Waals surface area contributed by atoms with E-state index < -0.39 is 21.9 Å². The normalized spacial score (nSPS) is 21.2. The second-order valence-electron chi connectivity index (χ2n) is 5.16. The van der Waals surface area contributed by atoms with Crippen LogP contribution in [0, 0.1) is 5.92 Å². The number of hydrogen-bond acceptors (Lipinski definition) is 3. The second kappa shape index (κ2) is 5.91. The molecule has 110 valence electrons. The van der Waals surface area contributed by atoms with Gasteiger partial charge < -0.3 is 4.90 Å². The molecule has 1 saturated heterocycles. The van der Waals surface area contributed by atoms with E-state index in [0.717, 1.165) is 12.0 Å². The van der Waals surface area contributed by atoms with Crippen LogP contribution >= 0.6 is 0 Å². The highest BCUT2D eigenvalue weighted by molar-refractivity contribution is 7.86. The number of carbonyl (C=O) groups excluding carboxylic acids is 1. The number of benzene rings is 1. The van der Waals surface area contributed by atoms with Gasteiger partial charge in [0.15, 0.2) is 0 Å². The van der Waals surface area contributed by atoms with Crippen LogP contribution in [0.2, 0.25) is 0 Å². The van der Waals surface area contributed by atoms with Crippen molar-refractivity contribution < 1.29 is 17.1 Å². The maximum Gasteiger partial charge on any atom is 0.302 e. The minimum Gasteiger partial charge on any atom is -0.335 e. The van der Waals surface area contributed by atoms with E-state index in [4.69, 9.17) is 0 Å². The summed E-state index contributed by atoms with van der Waals surface area (Å²) in [6, 6.07) is 9.53. The lowest BCUT2D eigenvalue weighted by Gasteiger charge is -2.27. The Morgan fingerprint density at radius 1 is 1.35 bits per heavy atom. The van der Waals surface area contributed by atoms with Gasteiger partial charge in [-0.05, 0) is 12.0 Å². The predicted octanol–water partition coefficient (Wildman–Crippen LogP) is 2.29. The molecule has 1 aliphatic heterocycles. The first-order valence-electron chi connectivity index (χ1n) is 6.67. The Bertz CT molecular complexity index is 573. The summed E-state index contributed by atoms with van der Waals surface area (Å²) in [5, 5.41) is 0. The zero-order chi connectivity index (χ0) is 14.8. The van der Waals surface area contributed by atoms with E-state index in [1.54, 1.807) is 4.90 Å². The molecule has 0 aromatic heterocycles. The van der Waals surface area contributed by atoms with Crippen LogP contribution < -0.4 is 0 Å². The number of nitrogens with zero attached hydrogens (tertiary/aromatic N) is 1. The van der Waals surface area contributed by atoms with E-state index in [1.165, 1.54) is 0 Å². The predicted molar refractivity (Wildman–Crippen MR) is 74.2 cm³/mol. The molecule has 0 saturated carbocycles. The van der Waals surface area contributed by atoms with E-state index in [2.05, 4.69) is 0 Å². The molecule has 1 amide bonds. The van der Waals surface area contributed by atoms with Crippen LogP contribution in [0.5, 0.6) is 0 Å². The first kappa shape index (κ1) is 15.0. The lowest BCUT2D eigenvalue weighted by atomic mass is 10.0. The van der Waals surface area contributed by atoms with Crippen molar-refractivity contribution in [1.29, 1.82) is 0 Å². The second-order valence-corrected chi connectivity index (χ2v) is 6.57. The minimum absolute atomic E-state index is 0.0731. The summed E-state index contributed by atoms with van der Waals surface area (Å²) >= 11 is 0. The van der Waals surface area contributed by atoms with Crippen molar-refractivity contribution in [3.63, 3.8) is 0 Å². The largest absolute Gasteiger partial charge is 0.335 e. The summed E-state index contributed by atoms with van der Waals surface area (Å²) in [6.45, 7) is 2.28. The first-order chi connectivity index (χ1) is 9.40. The molecule has 1 unspecified atom stereocenters. The molecule has 1 aromatic rings. The highest BCUT2D eigenvalue weighted by Crippen LogP contribution is 2.31. The Morgan fingerprint density at radius 2 is 2.00 bits per heavy atom. The van der Waals surface area contributed by atoms with Crippen molar-refractivity contribution in [1.82, 2.24) is 4.90 Å². The molecule has 0 radical (unpaired) electrons. The van der Waals surface area contributed by atoms with Gasteiger partial charge in [0.2, 0.25) is 5.91 Å². The van der Waals surface area contributed by atoms with Gasteiger partial charge in [0.25, 0.3) is 0 Å². The molecule has 0 bridgehead atoms. The number of halogens is 1. The van der Waals surface area contributed by atoms with E-state index in [9.17, 15) is 17.1 Å². The van der Waals surface area contributed by atoms with Crippen LogP contribution in [0.4, 0.5) is 3.89 Å². The maximum atomic E-state index is 12.7. The van der Waals surface area contributed by atoms with Gasteiger partial charge in [0.1, 0.15) is 0 Å². The third-order valence-electron chi connectivity index (χ3n) is 3.62. The molecule has 0 spiro atoms. The molecule has 1 heterocycles. The number of amides is 1. The molecule has 20 heavy (non-hydrogen) atoms. The zero-order valence-electron chi connectivity index (χ0n) is 11.3. The van der Waals surface area contributed by atoms with Crippen LogP contribution in [-0.4, -0.2) is 31.5 Å². The van der Waals surface area contributed by atoms with E-state index in [-0.39, 0.29) is 18.4 Å². The average Bonchev–Trinajstić information content (AvgIpc) is 2.70. The van der Waals surface area contributed by atoms with Gasteiger partial charge in [-0.1, -0.05) is 37.3 Å². The topological polar surface area (TPSA) is 54.5 Å². The lowest BCUT2D eigenvalue weighted by molar-refractivity contribution is -0.129. The number of carbonyl (C=O) groups is 1. The number of hydrogen-bond donors (Lipinski definition) is 0. The van der Waals surface area contributed by atoms with Crippen LogP contribution in [0.3, 0.4) is 0 Å². The maximum absolute atomic E-state index is 12.7. The van der Waals surface area contributed by atoms with E-state index in [1.807, 2.05) is 37.3 Å². The molecule has 2 atom stereocenters. The van der Waals surface area contributed by atoms with Crippen molar-refractivity contribution >= 4 is 16.1 Å². The molecular weight excluding hydrogens is 281 g/mol. The molecule has 1 aliphatic rings. The molecule has 4 nitrogen and oxygen atoms in total. The SMILES string of the molecule is CC[C@@H](c1ccccc1)N1CC(CS(=O)(=O)F)CC1=O. The quantitative estimate of drug-likeness (QED) is 0.784. The number of rotatable bonds is 5. The Balaban J connectivity index is 2.14. The van der Waals surface area contributed by atoms with Gasteiger partial charge >= 0.3 is 10.2 Å². The number of likely N-dealkylation sites (tertiary alicyclic amines) is 1. The van der Waals surface area contributed by atoms with Gasteiger partial charge in [-0.3, -0.25) is 4.79 Å². The van der Waals surface area contributed by atoms with E-state index in [0.29, 0.717) is 6.54 Å². The fourth-order valence-corrected chi connectivity index (χ4v) is 3.60. The smallest absolute Gasteiger partial charge is 0.302 e. The fourth-order valence-electron chi connectivity index (χ4n) is 2.81. The molecule has 0 aliphatic carbocycles. The summed E-state index contributed by atoms with van der Waals surface area (Å²) in [5.74, 6) is -1.12. The molecule has 1 fully saturated rings. The molecule has 1 aromatic carbocycles. The standard InChI is InChI=1S/C14H18FNO3S/c1-2-13(12-6-4-3-5-7-12)16-9-11(8-14(16)17)10-20(15,18)19/h3-7,11,13H,2,8-10H2,1H3/t11?,13-/m0/s1. The highest BCUT2D eigenvalue weighted by atomic mass is 32.3. The summed E-state index contributed by atoms with van der Waals surface area (Å²) in [4.78, 5) is 13.7. The van der Waals surface area contributed by atoms with Crippen molar-refractivity contribution in [2.24, 2.45) is 5.92 Å². The van der Waals surface area contributed by atoms with Crippen molar-refractivity contribution in [2.45, 2.75) is 25.8 Å².